The topological polar surface area (TPSA) is 15.9 Å². The average molecular weight is 491 g/mol. The lowest BCUT2D eigenvalue weighted by atomic mass is 9.87. The van der Waals surface area contributed by atoms with Gasteiger partial charge in [-0.1, -0.05) is 11.5 Å². The molecule has 2 aromatic rings. The molecule has 6 aliphatic rings. The Morgan fingerprint density at radius 2 is 1.22 bits per heavy atom. The molecule has 8 heterocycles. The maximum atomic E-state index is 2.85. The third kappa shape index (κ3) is 1.77. The molecule has 4 nitrogen and oxygen atoms in total. The van der Waals surface area contributed by atoms with Crippen LogP contribution in [0.5, 0.6) is 0 Å². The van der Waals surface area contributed by atoms with Crippen molar-refractivity contribution >= 4 is 22.6 Å². The van der Waals surface area contributed by atoms with Crippen LogP contribution in [0.4, 0.5) is 0 Å². The highest BCUT2D eigenvalue weighted by Crippen LogP contribution is 2.55. The highest BCUT2D eigenvalue weighted by Gasteiger charge is 2.76. The molecule has 1 spiro atoms. The number of rotatable bonds is 0. The Morgan fingerprint density at radius 3 is 1.86 bits per heavy atom. The van der Waals surface area contributed by atoms with E-state index in [0.717, 1.165) is 0 Å². The quantitative estimate of drug-likeness (QED) is 0.475. The summed E-state index contributed by atoms with van der Waals surface area (Å²) in [7, 11) is 0. The van der Waals surface area contributed by atoms with Crippen molar-refractivity contribution in [3.63, 3.8) is 0 Å². The summed E-state index contributed by atoms with van der Waals surface area (Å²) in [4.78, 5) is 0. The summed E-state index contributed by atoms with van der Waals surface area (Å²) in [6.07, 6.45) is 0. The number of hydrogen-bond acceptors (Lipinski definition) is 0. The smallest absolute Gasteiger partial charge is 0.202 e. The van der Waals surface area contributed by atoms with Gasteiger partial charge < -0.3 is 0 Å². The molecule has 2 unspecified atom stereocenters. The van der Waals surface area contributed by atoms with E-state index in [2.05, 4.69) is 101 Å². The Morgan fingerprint density at radius 1 is 0.595 bits per heavy atom. The molecule has 0 aliphatic carbocycles. The van der Waals surface area contributed by atoms with E-state index >= 15 is 0 Å². The Kier molecular flexibility index (Phi) is 3.52. The van der Waals surface area contributed by atoms with E-state index in [4.69, 9.17) is 0 Å². The summed E-state index contributed by atoms with van der Waals surface area (Å²) in [5.74, 6) is -0.0789. The molecule has 4 heteroatoms. The summed E-state index contributed by atoms with van der Waals surface area (Å²) >= 11 is 0. The fourth-order valence-electron chi connectivity index (χ4n) is 9.56. The molecule has 6 aliphatic heterocycles. The molecule has 8 rings (SSSR count). The summed E-state index contributed by atoms with van der Waals surface area (Å²) in [5.41, 5.74) is 23.1. The van der Waals surface area contributed by atoms with Crippen LogP contribution in [0.2, 0.25) is 0 Å². The first-order valence-electron chi connectivity index (χ1n) is 14.0. The van der Waals surface area contributed by atoms with Crippen LogP contribution in [0.3, 0.4) is 0 Å². The highest BCUT2D eigenvalue weighted by molar-refractivity contribution is 6.26. The van der Waals surface area contributed by atoms with Gasteiger partial charge in [-0.25, -0.2) is 4.57 Å². The fourth-order valence-corrected chi connectivity index (χ4v) is 9.56. The van der Waals surface area contributed by atoms with Gasteiger partial charge >= 0.3 is 5.91 Å². The minimum atomic E-state index is -0.485. The van der Waals surface area contributed by atoms with Gasteiger partial charge in [-0.2, -0.15) is 4.57 Å². The van der Waals surface area contributed by atoms with Crippen LogP contribution < -0.4 is 10.7 Å². The van der Waals surface area contributed by atoms with E-state index in [1.807, 2.05) is 0 Å². The summed E-state index contributed by atoms with van der Waals surface area (Å²) in [5, 5.41) is 2.84. The first-order valence-corrected chi connectivity index (χ1v) is 14.0. The van der Waals surface area contributed by atoms with E-state index < -0.39 is 5.91 Å². The molecule has 2 aromatic heterocycles. The van der Waals surface area contributed by atoms with Gasteiger partial charge in [0, 0.05) is 33.6 Å². The molecule has 0 saturated carbocycles. The Balaban J connectivity index is 1.79. The van der Waals surface area contributed by atoms with Gasteiger partial charge in [0.25, 0.3) is 0 Å². The van der Waals surface area contributed by atoms with Crippen molar-refractivity contribution in [3.05, 3.63) is 77.9 Å². The van der Waals surface area contributed by atoms with Gasteiger partial charge in [-0.3, -0.25) is 0 Å². The van der Waals surface area contributed by atoms with Crippen LogP contribution in [0.25, 0.3) is 11.1 Å². The molecule has 3 atom stereocenters. The molecule has 0 bridgehead atoms. The van der Waals surface area contributed by atoms with E-state index in [9.17, 15) is 0 Å². The number of aromatic nitrogens is 2. The van der Waals surface area contributed by atoms with Crippen molar-refractivity contribution in [2.75, 3.05) is 0 Å². The molecular formula is C33H38N4+2. The molecule has 0 N–H and O–H groups in total. The van der Waals surface area contributed by atoms with Gasteiger partial charge in [0.1, 0.15) is 0 Å². The van der Waals surface area contributed by atoms with E-state index in [-0.39, 0.29) is 0 Å². The third-order valence-corrected chi connectivity index (χ3v) is 11.4. The number of hydrogen-bond donors (Lipinski definition) is 0. The maximum absolute atomic E-state index is 2.85. The predicted molar refractivity (Wildman–Crippen MR) is 150 cm³/mol. The van der Waals surface area contributed by atoms with Crippen molar-refractivity contribution in [2.24, 2.45) is 0 Å². The van der Waals surface area contributed by atoms with Crippen LogP contribution >= 0.6 is 0 Å². The van der Waals surface area contributed by atoms with E-state index in [1.54, 1.807) is 0 Å². The third-order valence-electron chi connectivity index (χ3n) is 11.4. The highest BCUT2D eigenvalue weighted by atomic mass is 15.6. The molecule has 0 fully saturated rings. The lowest BCUT2D eigenvalue weighted by Crippen LogP contribution is -2.74. The molecule has 0 radical (unpaired) electrons. The van der Waals surface area contributed by atoms with Crippen LogP contribution in [0.1, 0.15) is 94.9 Å². The minimum absolute atomic E-state index is 0.336. The first kappa shape index (κ1) is 21.9. The predicted octanol–water partition coefficient (Wildman–Crippen LogP) is 4.74. The zero-order valence-corrected chi connectivity index (χ0v) is 24.4. The van der Waals surface area contributed by atoms with Gasteiger partial charge in [0.2, 0.25) is 17.1 Å². The zero-order chi connectivity index (χ0) is 26.4. The van der Waals surface area contributed by atoms with Crippen LogP contribution in [0.15, 0.2) is 33.6 Å². The summed E-state index contributed by atoms with van der Waals surface area (Å²) < 4.78 is 11.2. The maximum Gasteiger partial charge on any atom is 0.548 e. The van der Waals surface area contributed by atoms with Crippen LogP contribution in [0, 0.1) is 27.7 Å². The second-order valence-electron chi connectivity index (χ2n) is 12.6. The van der Waals surface area contributed by atoms with Crippen molar-refractivity contribution < 1.29 is 9.15 Å². The number of nitrogens with zero attached hydrogens (tertiary/aromatic N) is 4. The Bertz CT molecular complexity index is 1930. The number of allylic oxidation sites excluding steroid dienone is 4. The van der Waals surface area contributed by atoms with Crippen molar-refractivity contribution in [2.45, 2.75) is 101 Å². The molecule has 0 amide bonds. The lowest BCUT2D eigenvalue weighted by Gasteiger charge is -2.44. The molecule has 188 valence electrons. The fraction of sp³-hybridized carbons (Fsp3) is 0.455. The van der Waals surface area contributed by atoms with Gasteiger partial charge in [0.05, 0.1) is 27.9 Å². The largest absolute Gasteiger partial charge is 0.548 e. The first-order chi connectivity index (χ1) is 17.4. The van der Waals surface area contributed by atoms with Crippen LogP contribution in [-0.2, 0) is 5.91 Å². The normalized spacial score (nSPS) is 28.5. The molecular weight excluding hydrogens is 452 g/mol. The Hall–Kier alpha value is -3.14. The Labute approximate surface area is 219 Å². The molecule has 37 heavy (non-hydrogen) atoms. The SMILES string of the molecule is CC1=C(C)C2=[N+]3C1=C(C)C1=[N+]4C(C(C)=C1C)C(C)c1c(C)c(C)c5n1[C@@]34n1c(c(C)c(C)c1=C5C)=C2C. The standard InChI is InChI=1S/C33H38N4/c1-13-14(2)26-22(10)28-17(5)18(6)30-24(12)32-20(8)19(7)31-23(11)29-16(4)15(3)27-21(9)25(13)34(26)33(35(27)29,36(28)30)37(31)32/h21,25H,1-12H3/q+2/t21?,25?,33-/m1/s1. The van der Waals surface area contributed by atoms with Gasteiger partial charge in [0.15, 0.2) is 6.04 Å². The second kappa shape index (κ2) is 5.95. The lowest BCUT2D eigenvalue weighted by molar-refractivity contribution is -0.871. The summed E-state index contributed by atoms with van der Waals surface area (Å²) in [6.45, 7) is 28.5. The second-order valence-corrected chi connectivity index (χ2v) is 12.6. The van der Waals surface area contributed by atoms with Gasteiger partial charge in [-0.15, -0.1) is 4.58 Å². The van der Waals surface area contributed by atoms with Crippen molar-refractivity contribution in [1.82, 2.24) is 9.13 Å². The van der Waals surface area contributed by atoms with Gasteiger partial charge in [-0.05, 0) is 104 Å². The van der Waals surface area contributed by atoms with E-state index in [0.29, 0.717) is 12.0 Å². The molecule has 0 aromatic carbocycles. The molecule has 0 saturated heterocycles. The minimum Gasteiger partial charge on any atom is -0.202 e. The van der Waals surface area contributed by atoms with E-state index in [1.165, 1.54) is 100 Å². The summed E-state index contributed by atoms with van der Waals surface area (Å²) in [6, 6.07) is 0.336. The average Bonchev–Trinajstić information content (AvgIpc) is 3.48. The van der Waals surface area contributed by atoms with Crippen molar-refractivity contribution in [1.29, 1.82) is 0 Å². The van der Waals surface area contributed by atoms with Crippen LogP contribution in [-0.4, -0.2) is 35.8 Å². The van der Waals surface area contributed by atoms with Crippen molar-refractivity contribution in [3.8, 4) is 0 Å². The monoisotopic (exact) mass is 490 g/mol. The zero-order valence-electron chi connectivity index (χ0n) is 24.4.